The Bertz CT molecular complexity index is 1050. The van der Waals surface area contributed by atoms with Crippen molar-refractivity contribution in [1.82, 2.24) is 0 Å². The van der Waals surface area contributed by atoms with E-state index in [4.69, 9.17) is 18.5 Å². The molecule has 0 aliphatic carbocycles. The molecule has 0 saturated carbocycles. The largest absolute Gasteiger partial charge is 0.756 e. The van der Waals surface area contributed by atoms with E-state index in [1.54, 1.807) is 0 Å². The highest BCUT2D eigenvalue weighted by Crippen LogP contribution is 2.38. The Balaban J connectivity index is 4.39. The molecule has 0 bridgehead atoms. The molecule has 1 unspecified atom stereocenters. The van der Waals surface area contributed by atoms with Gasteiger partial charge in [0, 0.05) is 12.8 Å². The van der Waals surface area contributed by atoms with Crippen LogP contribution in [0.3, 0.4) is 0 Å². The van der Waals surface area contributed by atoms with E-state index in [0.29, 0.717) is 23.9 Å². The van der Waals surface area contributed by atoms with Gasteiger partial charge >= 0.3 is 11.9 Å². The quantitative estimate of drug-likeness (QED) is 0.0197. The van der Waals surface area contributed by atoms with Crippen LogP contribution in [0.4, 0.5) is 0 Å². The first-order valence-corrected chi connectivity index (χ1v) is 24.2. The van der Waals surface area contributed by atoms with Crippen LogP contribution in [0.2, 0.25) is 0 Å². The standard InChI is InChI=1S/C46H86NO8P/c1-6-8-10-12-14-16-18-20-22-23-25-27-29-31-33-35-37-39-46(49)55-44(43-54-56(50,51)53-41-40-47(3,4)5)42-52-45(48)38-36-34-32-30-28-26-24-21-19-17-15-13-11-9-7-2/h20-22,24,28,30,44H,6-19,23,25-27,29,31-43H2,1-5H3/b22-20+,24-21+,30-28+/t44-/m1/s1. The molecule has 0 radical (unpaired) electrons. The van der Waals surface area contributed by atoms with E-state index in [1.165, 1.54) is 103 Å². The number of carbonyl (C=O) groups is 2. The average molecular weight is 812 g/mol. The minimum atomic E-state index is -4.63. The van der Waals surface area contributed by atoms with Gasteiger partial charge in [0.1, 0.15) is 19.8 Å². The Labute approximate surface area is 344 Å². The Hall–Kier alpha value is -1.77. The number of hydrogen-bond acceptors (Lipinski definition) is 8. The maximum atomic E-state index is 12.7. The van der Waals surface area contributed by atoms with Crippen molar-refractivity contribution in [1.29, 1.82) is 0 Å². The van der Waals surface area contributed by atoms with Crippen molar-refractivity contribution < 1.29 is 42.1 Å². The maximum Gasteiger partial charge on any atom is 0.306 e. The van der Waals surface area contributed by atoms with Crippen LogP contribution in [-0.2, 0) is 32.7 Å². The number of phosphoric acid groups is 1. The van der Waals surface area contributed by atoms with Gasteiger partial charge in [-0.1, -0.05) is 147 Å². The number of unbranched alkanes of at least 4 members (excludes halogenated alkanes) is 21. The lowest BCUT2D eigenvalue weighted by Gasteiger charge is -2.28. The first kappa shape index (κ1) is 54.2. The molecule has 328 valence electrons. The van der Waals surface area contributed by atoms with E-state index in [-0.39, 0.29) is 26.1 Å². The van der Waals surface area contributed by atoms with Gasteiger partial charge in [0.25, 0.3) is 7.82 Å². The number of esters is 2. The summed E-state index contributed by atoms with van der Waals surface area (Å²) < 4.78 is 33.9. The third kappa shape index (κ3) is 41.9. The molecule has 0 aromatic heterocycles. The van der Waals surface area contributed by atoms with Gasteiger partial charge in [-0.2, -0.15) is 0 Å². The van der Waals surface area contributed by atoms with E-state index in [2.05, 4.69) is 50.3 Å². The summed E-state index contributed by atoms with van der Waals surface area (Å²) in [4.78, 5) is 37.5. The van der Waals surface area contributed by atoms with Gasteiger partial charge in [-0.25, -0.2) is 0 Å². The fraction of sp³-hybridized carbons (Fsp3) is 0.826. The number of phosphoric ester groups is 1. The van der Waals surface area contributed by atoms with Gasteiger partial charge < -0.3 is 27.9 Å². The molecular weight excluding hydrogens is 725 g/mol. The first-order chi connectivity index (χ1) is 27.0. The summed E-state index contributed by atoms with van der Waals surface area (Å²) in [7, 11) is 1.15. The number of likely N-dealkylation sites (N-methyl/N-ethyl adjacent to an activating group) is 1. The number of allylic oxidation sites excluding steroid dienone is 6. The van der Waals surface area contributed by atoms with E-state index < -0.39 is 32.5 Å². The number of nitrogens with zero attached hydrogens (tertiary/aromatic N) is 1. The average Bonchev–Trinajstić information content (AvgIpc) is 3.15. The summed E-state index contributed by atoms with van der Waals surface area (Å²) in [6.07, 6.45) is 43.1. The second kappa shape index (κ2) is 38.7. The van der Waals surface area contributed by atoms with Crippen LogP contribution in [-0.4, -0.2) is 70.0 Å². The van der Waals surface area contributed by atoms with Gasteiger partial charge in [0.2, 0.25) is 0 Å². The highest BCUT2D eigenvalue weighted by Gasteiger charge is 2.21. The smallest absolute Gasteiger partial charge is 0.306 e. The minimum absolute atomic E-state index is 0.0365. The molecule has 0 heterocycles. The molecule has 0 aliphatic heterocycles. The zero-order valence-electron chi connectivity index (χ0n) is 36.8. The van der Waals surface area contributed by atoms with Gasteiger partial charge in [-0.15, -0.1) is 0 Å². The highest BCUT2D eigenvalue weighted by molar-refractivity contribution is 7.45. The molecule has 0 spiro atoms. The summed E-state index contributed by atoms with van der Waals surface area (Å²) in [6, 6.07) is 0. The number of ether oxygens (including phenoxy) is 2. The molecule has 9 nitrogen and oxygen atoms in total. The van der Waals surface area contributed by atoms with Gasteiger partial charge in [0.05, 0.1) is 27.7 Å². The summed E-state index contributed by atoms with van der Waals surface area (Å²) in [5.74, 6) is -0.875. The molecule has 0 N–H and O–H groups in total. The molecule has 0 amide bonds. The van der Waals surface area contributed by atoms with E-state index >= 15 is 0 Å². The SMILES string of the molecule is CCCCCCCC/C=C/C/C=C/CCCCC(=O)OC[C@H](COP(=O)([O-])OCC[N+](C)(C)C)OC(=O)CCCCCCCCC/C=C/CCCCCCCC. The predicted octanol–water partition coefficient (Wildman–Crippen LogP) is 12.3. The Morgan fingerprint density at radius 1 is 0.554 bits per heavy atom. The molecule has 0 saturated heterocycles. The van der Waals surface area contributed by atoms with Crippen molar-refractivity contribution in [3.05, 3.63) is 36.5 Å². The van der Waals surface area contributed by atoms with Crippen molar-refractivity contribution in [2.24, 2.45) is 0 Å². The van der Waals surface area contributed by atoms with Gasteiger partial charge in [-0.05, 0) is 70.6 Å². The minimum Gasteiger partial charge on any atom is -0.756 e. The zero-order valence-corrected chi connectivity index (χ0v) is 37.7. The van der Waals surface area contributed by atoms with Crippen LogP contribution >= 0.6 is 7.82 Å². The molecule has 10 heteroatoms. The fourth-order valence-electron chi connectivity index (χ4n) is 6.03. The number of carbonyl (C=O) groups excluding carboxylic acids is 2. The molecule has 0 aromatic rings. The summed E-state index contributed by atoms with van der Waals surface area (Å²) in [5.41, 5.74) is 0. The molecule has 0 fully saturated rings. The third-order valence-electron chi connectivity index (χ3n) is 9.63. The molecular formula is C46H86NO8P. The molecule has 0 rings (SSSR count). The van der Waals surface area contributed by atoms with Crippen LogP contribution in [0.1, 0.15) is 194 Å². The van der Waals surface area contributed by atoms with Gasteiger partial charge in [0.15, 0.2) is 6.10 Å². The van der Waals surface area contributed by atoms with E-state index in [0.717, 1.165) is 51.4 Å². The van der Waals surface area contributed by atoms with Crippen molar-refractivity contribution in [2.75, 3.05) is 47.5 Å². The van der Waals surface area contributed by atoms with Crippen LogP contribution in [0, 0.1) is 0 Å². The Kier molecular flexibility index (Phi) is 37.5. The van der Waals surface area contributed by atoms with E-state index in [1.807, 2.05) is 21.1 Å². The van der Waals surface area contributed by atoms with E-state index in [9.17, 15) is 19.0 Å². The topological polar surface area (TPSA) is 111 Å². The Morgan fingerprint density at radius 3 is 1.46 bits per heavy atom. The molecule has 2 atom stereocenters. The monoisotopic (exact) mass is 812 g/mol. The zero-order chi connectivity index (χ0) is 41.4. The van der Waals surface area contributed by atoms with Crippen molar-refractivity contribution in [2.45, 2.75) is 200 Å². The lowest BCUT2D eigenvalue weighted by Crippen LogP contribution is -2.37. The van der Waals surface area contributed by atoms with Crippen molar-refractivity contribution >= 4 is 19.8 Å². The second-order valence-corrected chi connectivity index (χ2v) is 17.8. The molecule has 0 aromatic carbocycles. The predicted molar refractivity (Wildman–Crippen MR) is 231 cm³/mol. The number of rotatable bonds is 41. The van der Waals surface area contributed by atoms with Crippen LogP contribution in [0.5, 0.6) is 0 Å². The summed E-state index contributed by atoms with van der Waals surface area (Å²) in [5, 5.41) is 0. The first-order valence-electron chi connectivity index (χ1n) is 22.7. The summed E-state index contributed by atoms with van der Waals surface area (Å²) in [6.45, 7) is 4.18. The van der Waals surface area contributed by atoms with Crippen LogP contribution in [0.25, 0.3) is 0 Å². The number of hydrogen-bond donors (Lipinski definition) is 0. The lowest BCUT2D eigenvalue weighted by atomic mass is 10.1. The second-order valence-electron chi connectivity index (χ2n) is 16.4. The van der Waals surface area contributed by atoms with Crippen molar-refractivity contribution in [3.8, 4) is 0 Å². The molecule has 0 aliphatic rings. The maximum absolute atomic E-state index is 12.7. The number of quaternary nitrogens is 1. The lowest BCUT2D eigenvalue weighted by molar-refractivity contribution is -0.870. The van der Waals surface area contributed by atoms with Crippen LogP contribution < -0.4 is 4.89 Å². The Morgan fingerprint density at radius 2 is 0.964 bits per heavy atom. The fourth-order valence-corrected chi connectivity index (χ4v) is 6.76. The summed E-state index contributed by atoms with van der Waals surface area (Å²) >= 11 is 0. The third-order valence-corrected chi connectivity index (χ3v) is 10.6. The molecule has 56 heavy (non-hydrogen) atoms. The normalized spacial score (nSPS) is 13.9. The highest BCUT2D eigenvalue weighted by atomic mass is 31.2. The van der Waals surface area contributed by atoms with Crippen molar-refractivity contribution in [3.63, 3.8) is 0 Å². The van der Waals surface area contributed by atoms with Crippen LogP contribution in [0.15, 0.2) is 36.5 Å². The van der Waals surface area contributed by atoms with Gasteiger partial charge in [-0.3, -0.25) is 14.2 Å².